The lowest BCUT2D eigenvalue weighted by Crippen LogP contribution is -2.33. The Kier molecular flexibility index (Phi) is 6.25. The van der Waals surface area contributed by atoms with Crippen LogP contribution >= 0.6 is 11.6 Å². The molecule has 0 bridgehead atoms. The number of benzene rings is 2. The molecule has 33 heavy (non-hydrogen) atoms. The van der Waals surface area contributed by atoms with E-state index in [0.717, 1.165) is 43.7 Å². The number of nitrogens with zero attached hydrogens (tertiary/aromatic N) is 2. The minimum Gasteiger partial charge on any atom is -0.326 e. The predicted octanol–water partition coefficient (Wildman–Crippen LogP) is 4.35. The number of carbonyl (C=O) groups excluding carboxylic acids is 1. The van der Waals surface area contributed by atoms with E-state index in [-0.39, 0.29) is 11.8 Å². The van der Waals surface area contributed by atoms with Crippen LogP contribution in [0.3, 0.4) is 0 Å². The van der Waals surface area contributed by atoms with Crippen molar-refractivity contribution in [2.75, 3.05) is 25.0 Å². The van der Waals surface area contributed by atoms with Crippen LogP contribution in [0, 0.1) is 12.8 Å². The lowest BCUT2D eigenvalue weighted by Gasteiger charge is -2.33. The van der Waals surface area contributed by atoms with Crippen molar-refractivity contribution in [3.63, 3.8) is 0 Å². The van der Waals surface area contributed by atoms with Gasteiger partial charge in [-0.15, -0.1) is 0 Å². The number of anilines is 1. The Balaban J connectivity index is 1.24. The van der Waals surface area contributed by atoms with Gasteiger partial charge < -0.3 is 5.32 Å². The summed E-state index contributed by atoms with van der Waals surface area (Å²) in [5.74, 6) is 0.0172. The Morgan fingerprint density at radius 3 is 2.52 bits per heavy atom. The molecule has 3 saturated heterocycles. The van der Waals surface area contributed by atoms with E-state index in [1.807, 2.05) is 25.1 Å². The van der Waals surface area contributed by atoms with E-state index in [9.17, 15) is 13.2 Å². The highest BCUT2D eigenvalue weighted by atomic mass is 35.5. The fourth-order valence-corrected chi connectivity index (χ4v) is 7.45. The summed E-state index contributed by atoms with van der Waals surface area (Å²) in [6.07, 6.45) is 3.05. The third-order valence-electron chi connectivity index (χ3n) is 7.45. The van der Waals surface area contributed by atoms with Gasteiger partial charge in [0, 0.05) is 29.7 Å². The van der Waals surface area contributed by atoms with Crippen LogP contribution in [0.25, 0.3) is 0 Å². The molecule has 1 N–H and O–H groups in total. The molecule has 2 aromatic rings. The average molecular weight is 488 g/mol. The van der Waals surface area contributed by atoms with Crippen molar-refractivity contribution < 1.29 is 13.2 Å². The number of piperidine rings is 2. The Hall–Kier alpha value is -1.93. The molecule has 176 valence electrons. The molecule has 3 atom stereocenters. The highest BCUT2D eigenvalue weighted by Crippen LogP contribution is 2.42. The molecule has 0 aliphatic carbocycles. The molecule has 3 unspecified atom stereocenters. The third-order valence-corrected chi connectivity index (χ3v) is 9.68. The van der Waals surface area contributed by atoms with Gasteiger partial charge in [-0.2, -0.15) is 4.31 Å². The van der Waals surface area contributed by atoms with E-state index in [1.165, 1.54) is 15.4 Å². The minimum absolute atomic E-state index is 0.106. The second-order valence-corrected chi connectivity index (χ2v) is 12.0. The summed E-state index contributed by atoms with van der Waals surface area (Å²) in [6.45, 7) is 5.51. The lowest BCUT2D eigenvalue weighted by atomic mass is 9.86. The topological polar surface area (TPSA) is 69.5 Å². The van der Waals surface area contributed by atoms with Gasteiger partial charge in [0.2, 0.25) is 15.9 Å². The summed E-state index contributed by atoms with van der Waals surface area (Å²) in [5.41, 5.74) is 4.35. The van der Waals surface area contributed by atoms with E-state index >= 15 is 0 Å². The molecule has 2 aromatic carbocycles. The molecule has 0 saturated carbocycles. The normalized spacial score (nSPS) is 27.0. The Labute approximate surface area is 201 Å². The molecule has 0 spiro atoms. The SMILES string of the molecule is Cc1c(NC(=O)C2CCN3C(C2)S3(=O)=O)cc(Cl)cc1C1CCN(Cc2ccccc2)CC1. The number of hydrogen-bond acceptors (Lipinski definition) is 4. The van der Waals surface area contributed by atoms with Crippen LogP contribution in [-0.4, -0.2) is 48.5 Å². The fraction of sp³-hybridized carbons (Fsp3) is 0.480. The molecule has 6 nitrogen and oxygen atoms in total. The maximum Gasteiger partial charge on any atom is 0.232 e. The Morgan fingerprint density at radius 1 is 1.09 bits per heavy atom. The van der Waals surface area contributed by atoms with Gasteiger partial charge in [0.15, 0.2) is 0 Å². The summed E-state index contributed by atoms with van der Waals surface area (Å²) in [4.78, 5) is 15.4. The molecule has 3 heterocycles. The van der Waals surface area contributed by atoms with Crippen molar-refractivity contribution in [1.29, 1.82) is 0 Å². The van der Waals surface area contributed by atoms with Crippen LogP contribution in [0.2, 0.25) is 5.02 Å². The van der Waals surface area contributed by atoms with Crippen molar-refractivity contribution in [3.05, 3.63) is 64.2 Å². The average Bonchev–Trinajstić information content (AvgIpc) is 3.37. The quantitative estimate of drug-likeness (QED) is 0.636. The van der Waals surface area contributed by atoms with E-state index in [2.05, 4.69) is 34.5 Å². The minimum atomic E-state index is -3.11. The van der Waals surface area contributed by atoms with Crippen LogP contribution in [-0.2, 0) is 21.4 Å². The predicted molar refractivity (Wildman–Crippen MR) is 131 cm³/mol. The first kappa shape index (κ1) is 22.8. The summed E-state index contributed by atoms with van der Waals surface area (Å²) in [7, 11) is -3.11. The number of carbonyl (C=O) groups is 1. The zero-order valence-electron chi connectivity index (χ0n) is 18.8. The van der Waals surface area contributed by atoms with Gasteiger partial charge in [0.25, 0.3) is 0 Å². The maximum atomic E-state index is 12.9. The molecule has 5 rings (SSSR count). The van der Waals surface area contributed by atoms with Gasteiger partial charge in [0.1, 0.15) is 5.37 Å². The van der Waals surface area contributed by atoms with Gasteiger partial charge >= 0.3 is 0 Å². The largest absolute Gasteiger partial charge is 0.326 e. The Bertz CT molecular complexity index is 1150. The van der Waals surface area contributed by atoms with E-state index in [4.69, 9.17) is 11.6 Å². The molecule has 3 aliphatic heterocycles. The maximum absolute atomic E-state index is 12.9. The van der Waals surface area contributed by atoms with Gasteiger partial charge in [-0.3, -0.25) is 9.69 Å². The van der Waals surface area contributed by atoms with Crippen LogP contribution in [0.15, 0.2) is 42.5 Å². The first-order chi connectivity index (χ1) is 15.8. The second kappa shape index (κ2) is 9.02. The third kappa shape index (κ3) is 4.69. The fourth-order valence-electron chi connectivity index (χ4n) is 5.41. The van der Waals surface area contributed by atoms with Gasteiger partial charge in [-0.05, 0) is 80.4 Å². The molecule has 3 fully saturated rings. The highest BCUT2D eigenvalue weighted by molar-refractivity contribution is 7.95. The second-order valence-electron chi connectivity index (χ2n) is 9.52. The number of likely N-dealkylation sites (tertiary alicyclic amines) is 1. The molecular formula is C25H30ClN3O3S. The molecule has 3 aliphatic rings. The number of nitrogens with one attached hydrogen (secondary N) is 1. The molecule has 0 radical (unpaired) electrons. The van der Waals surface area contributed by atoms with Gasteiger partial charge in [-0.25, -0.2) is 8.42 Å². The van der Waals surface area contributed by atoms with Crippen molar-refractivity contribution in [3.8, 4) is 0 Å². The first-order valence-corrected chi connectivity index (χ1v) is 13.6. The number of rotatable bonds is 5. The van der Waals surface area contributed by atoms with Gasteiger partial charge in [-0.1, -0.05) is 41.9 Å². The summed E-state index contributed by atoms with van der Waals surface area (Å²) in [5, 5.41) is 3.21. The first-order valence-electron chi connectivity index (χ1n) is 11.7. The number of amides is 1. The highest BCUT2D eigenvalue weighted by Gasteiger charge is 2.58. The van der Waals surface area contributed by atoms with Crippen LogP contribution in [0.4, 0.5) is 5.69 Å². The van der Waals surface area contributed by atoms with Crippen LogP contribution < -0.4 is 5.32 Å². The number of sulfonamides is 1. The summed E-state index contributed by atoms with van der Waals surface area (Å²) >= 11 is 6.47. The summed E-state index contributed by atoms with van der Waals surface area (Å²) < 4.78 is 25.2. The van der Waals surface area contributed by atoms with E-state index in [1.54, 1.807) is 0 Å². The number of fused-ring (bicyclic) bond motifs is 1. The zero-order valence-corrected chi connectivity index (χ0v) is 20.4. The molecule has 1 amide bonds. The van der Waals surface area contributed by atoms with Crippen molar-refractivity contribution in [2.45, 2.75) is 50.4 Å². The van der Waals surface area contributed by atoms with E-state index < -0.39 is 15.4 Å². The van der Waals surface area contributed by atoms with Crippen molar-refractivity contribution >= 4 is 33.2 Å². The van der Waals surface area contributed by atoms with Crippen molar-refractivity contribution in [2.24, 2.45) is 5.92 Å². The monoisotopic (exact) mass is 487 g/mol. The van der Waals surface area contributed by atoms with Crippen molar-refractivity contribution in [1.82, 2.24) is 9.21 Å². The van der Waals surface area contributed by atoms with Crippen LogP contribution in [0.5, 0.6) is 0 Å². The van der Waals surface area contributed by atoms with E-state index in [0.29, 0.717) is 30.3 Å². The molecule has 8 heteroatoms. The van der Waals surface area contributed by atoms with Crippen LogP contribution in [0.1, 0.15) is 48.3 Å². The van der Waals surface area contributed by atoms with Gasteiger partial charge in [0.05, 0.1) is 0 Å². The summed E-state index contributed by atoms with van der Waals surface area (Å²) in [6, 6.07) is 14.4. The zero-order chi connectivity index (χ0) is 23.2. The number of hydrogen-bond donors (Lipinski definition) is 1. The molecular weight excluding hydrogens is 458 g/mol. The lowest BCUT2D eigenvalue weighted by molar-refractivity contribution is -0.120. The number of halogens is 1. The molecule has 0 aromatic heterocycles. The smallest absolute Gasteiger partial charge is 0.232 e. The standard InChI is InChI=1S/C25H30ClN3O3S/c1-17-22(19-7-10-28(11-8-19)16-18-5-3-2-4-6-18)14-21(26)15-23(17)27-25(30)20-9-12-29-24(13-20)33(29,31)32/h2-6,14-15,19-20,24H,7-13,16H2,1H3,(H,27,30). The Morgan fingerprint density at radius 2 is 1.82 bits per heavy atom.